The van der Waals surface area contributed by atoms with Crippen molar-refractivity contribution < 1.29 is 0 Å². The van der Waals surface area contributed by atoms with Gasteiger partial charge in [-0.2, -0.15) is 17.0 Å². The first-order valence-corrected chi connectivity index (χ1v) is 7.33. The molecule has 0 atom stereocenters. The van der Waals surface area contributed by atoms with E-state index in [1.807, 2.05) is 30.0 Å². The van der Waals surface area contributed by atoms with Gasteiger partial charge in [-0.3, -0.25) is 0 Å². The molecular formula is C14H18N2S. The van der Waals surface area contributed by atoms with Crippen LogP contribution in [0.3, 0.4) is 0 Å². The molecule has 0 radical (unpaired) electrons. The molecule has 3 heteroatoms. The minimum absolute atomic E-state index is 0.766. The standard InChI is InChI=1S/C14H18N2S/c15-11-13-4-3-5-14(10-13)12-17-9-8-16-6-1-2-7-16/h3-5,10H,1-2,6-9,12H2. The van der Waals surface area contributed by atoms with Crippen LogP contribution in [-0.2, 0) is 5.75 Å². The van der Waals surface area contributed by atoms with Gasteiger partial charge in [0.15, 0.2) is 0 Å². The Hall–Kier alpha value is -0.980. The van der Waals surface area contributed by atoms with Gasteiger partial charge in [-0.25, -0.2) is 0 Å². The number of hydrogen-bond donors (Lipinski definition) is 0. The Balaban J connectivity index is 1.68. The van der Waals surface area contributed by atoms with Crippen molar-refractivity contribution in [3.63, 3.8) is 0 Å². The van der Waals surface area contributed by atoms with Crippen molar-refractivity contribution in [1.29, 1.82) is 5.26 Å². The van der Waals surface area contributed by atoms with E-state index in [0.29, 0.717) is 0 Å². The van der Waals surface area contributed by atoms with Crippen LogP contribution in [0.2, 0.25) is 0 Å². The molecular weight excluding hydrogens is 228 g/mol. The van der Waals surface area contributed by atoms with Crippen LogP contribution >= 0.6 is 11.8 Å². The highest BCUT2D eigenvalue weighted by molar-refractivity contribution is 7.98. The van der Waals surface area contributed by atoms with Gasteiger partial charge in [0.1, 0.15) is 0 Å². The lowest BCUT2D eigenvalue weighted by Gasteiger charge is -2.13. The monoisotopic (exact) mass is 246 g/mol. The first kappa shape index (κ1) is 12.5. The molecule has 1 aromatic rings. The summed E-state index contributed by atoms with van der Waals surface area (Å²) in [7, 11) is 0. The molecule has 1 aliphatic heterocycles. The lowest BCUT2D eigenvalue weighted by molar-refractivity contribution is 0.362. The van der Waals surface area contributed by atoms with Crippen LogP contribution in [0.15, 0.2) is 24.3 Å². The number of likely N-dealkylation sites (tertiary alicyclic amines) is 1. The van der Waals surface area contributed by atoms with E-state index >= 15 is 0 Å². The fourth-order valence-electron chi connectivity index (χ4n) is 2.12. The molecule has 1 aromatic carbocycles. The molecule has 0 bridgehead atoms. The predicted molar refractivity (Wildman–Crippen MR) is 73.0 cm³/mol. The molecule has 0 saturated carbocycles. The van der Waals surface area contributed by atoms with Crippen LogP contribution in [0.4, 0.5) is 0 Å². The summed E-state index contributed by atoms with van der Waals surface area (Å²) < 4.78 is 0. The van der Waals surface area contributed by atoms with E-state index in [1.54, 1.807) is 0 Å². The van der Waals surface area contributed by atoms with Crippen molar-refractivity contribution in [2.24, 2.45) is 0 Å². The van der Waals surface area contributed by atoms with Gasteiger partial charge in [-0.05, 0) is 43.6 Å². The van der Waals surface area contributed by atoms with Gasteiger partial charge < -0.3 is 4.90 Å². The molecule has 17 heavy (non-hydrogen) atoms. The lowest BCUT2D eigenvalue weighted by atomic mass is 10.2. The van der Waals surface area contributed by atoms with E-state index in [2.05, 4.69) is 17.0 Å². The summed E-state index contributed by atoms with van der Waals surface area (Å²) in [6.07, 6.45) is 2.74. The quantitative estimate of drug-likeness (QED) is 0.748. The molecule has 0 aliphatic carbocycles. The van der Waals surface area contributed by atoms with E-state index in [4.69, 9.17) is 5.26 Å². The van der Waals surface area contributed by atoms with Crippen LogP contribution in [0.1, 0.15) is 24.0 Å². The topological polar surface area (TPSA) is 27.0 Å². The summed E-state index contributed by atoms with van der Waals surface area (Å²) in [5, 5.41) is 8.81. The molecule has 0 aromatic heterocycles. The van der Waals surface area contributed by atoms with Crippen LogP contribution in [0.25, 0.3) is 0 Å². The molecule has 90 valence electrons. The highest BCUT2D eigenvalue weighted by Crippen LogP contribution is 2.15. The fraction of sp³-hybridized carbons (Fsp3) is 0.500. The normalized spacial score (nSPS) is 15.9. The van der Waals surface area contributed by atoms with Crippen LogP contribution in [-0.4, -0.2) is 30.3 Å². The Morgan fingerprint density at radius 1 is 1.29 bits per heavy atom. The molecule has 0 amide bonds. The molecule has 1 aliphatic rings. The second kappa shape index (κ2) is 6.68. The highest BCUT2D eigenvalue weighted by atomic mass is 32.2. The maximum atomic E-state index is 8.81. The number of nitrogens with zero attached hydrogens (tertiary/aromatic N) is 2. The summed E-state index contributed by atoms with van der Waals surface area (Å²) in [5.74, 6) is 2.21. The molecule has 2 rings (SSSR count). The second-order valence-electron chi connectivity index (χ2n) is 4.41. The summed E-state index contributed by atoms with van der Waals surface area (Å²) >= 11 is 1.96. The SMILES string of the molecule is N#Cc1cccc(CSCCN2CCCC2)c1. The molecule has 0 spiro atoms. The second-order valence-corrected chi connectivity index (χ2v) is 5.52. The van der Waals surface area contributed by atoms with Gasteiger partial charge in [-0.15, -0.1) is 0 Å². The van der Waals surface area contributed by atoms with E-state index in [0.717, 1.165) is 11.3 Å². The third-order valence-corrected chi connectivity index (χ3v) is 4.08. The van der Waals surface area contributed by atoms with E-state index in [1.165, 1.54) is 43.8 Å². The number of rotatable bonds is 5. The molecule has 0 N–H and O–H groups in total. The zero-order valence-electron chi connectivity index (χ0n) is 10.1. The molecule has 2 nitrogen and oxygen atoms in total. The largest absolute Gasteiger partial charge is 0.303 e. The molecule has 1 fully saturated rings. The average molecular weight is 246 g/mol. The molecule has 0 unspecified atom stereocenters. The third kappa shape index (κ3) is 4.07. The zero-order chi connectivity index (χ0) is 11.9. The summed E-state index contributed by atoms with van der Waals surface area (Å²) in [6, 6.07) is 10.1. The summed E-state index contributed by atoms with van der Waals surface area (Å²) in [6.45, 7) is 3.78. The van der Waals surface area contributed by atoms with E-state index in [-0.39, 0.29) is 0 Å². The average Bonchev–Trinajstić information content (AvgIpc) is 2.88. The van der Waals surface area contributed by atoms with Gasteiger partial charge in [0.05, 0.1) is 11.6 Å². The van der Waals surface area contributed by atoms with Crippen molar-refractivity contribution >= 4 is 11.8 Å². The molecule has 1 saturated heterocycles. The van der Waals surface area contributed by atoms with Crippen molar-refractivity contribution in [1.82, 2.24) is 4.90 Å². The fourth-order valence-corrected chi connectivity index (χ4v) is 3.07. The van der Waals surface area contributed by atoms with Crippen LogP contribution < -0.4 is 0 Å². The first-order chi connectivity index (χ1) is 8.38. The Kier molecular flexibility index (Phi) is 4.90. The Bertz CT molecular complexity index is 391. The summed E-state index contributed by atoms with van der Waals surface area (Å²) in [5.41, 5.74) is 2.03. The van der Waals surface area contributed by atoms with Crippen LogP contribution in [0, 0.1) is 11.3 Å². The van der Waals surface area contributed by atoms with Gasteiger partial charge in [-0.1, -0.05) is 12.1 Å². The molecule has 1 heterocycles. The third-order valence-electron chi connectivity index (χ3n) is 3.08. The van der Waals surface area contributed by atoms with Crippen molar-refractivity contribution in [3.8, 4) is 6.07 Å². The van der Waals surface area contributed by atoms with Gasteiger partial charge in [0.2, 0.25) is 0 Å². The van der Waals surface area contributed by atoms with Crippen molar-refractivity contribution in [2.45, 2.75) is 18.6 Å². The van der Waals surface area contributed by atoms with Gasteiger partial charge in [0.25, 0.3) is 0 Å². The van der Waals surface area contributed by atoms with Gasteiger partial charge in [0, 0.05) is 18.1 Å². The highest BCUT2D eigenvalue weighted by Gasteiger charge is 2.10. The first-order valence-electron chi connectivity index (χ1n) is 6.17. The maximum absolute atomic E-state index is 8.81. The minimum atomic E-state index is 0.766. The van der Waals surface area contributed by atoms with Gasteiger partial charge >= 0.3 is 0 Å². The Morgan fingerprint density at radius 2 is 2.12 bits per heavy atom. The van der Waals surface area contributed by atoms with E-state index < -0.39 is 0 Å². The number of thioether (sulfide) groups is 1. The maximum Gasteiger partial charge on any atom is 0.0991 e. The summed E-state index contributed by atoms with van der Waals surface area (Å²) in [4.78, 5) is 2.54. The minimum Gasteiger partial charge on any atom is -0.303 e. The van der Waals surface area contributed by atoms with Crippen LogP contribution in [0.5, 0.6) is 0 Å². The number of benzene rings is 1. The number of nitriles is 1. The predicted octanol–water partition coefficient (Wildman–Crippen LogP) is 2.89. The Morgan fingerprint density at radius 3 is 2.88 bits per heavy atom. The Labute approximate surface area is 108 Å². The zero-order valence-corrected chi connectivity index (χ0v) is 10.9. The number of hydrogen-bond acceptors (Lipinski definition) is 3. The smallest absolute Gasteiger partial charge is 0.0991 e. The van der Waals surface area contributed by atoms with Crippen molar-refractivity contribution in [2.75, 3.05) is 25.4 Å². The van der Waals surface area contributed by atoms with Crippen molar-refractivity contribution in [3.05, 3.63) is 35.4 Å². The van der Waals surface area contributed by atoms with E-state index in [9.17, 15) is 0 Å². The lowest BCUT2D eigenvalue weighted by Crippen LogP contribution is -2.21.